The van der Waals surface area contributed by atoms with E-state index in [-0.39, 0.29) is 17.3 Å². The molecule has 5 atom stereocenters. The minimum atomic E-state index is -0.585. The third kappa shape index (κ3) is 1.93. The lowest BCUT2D eigenvalue weighted by molar-refractivity contribution is -0.192. The molecule has 2 bridgehead atoms. The molecule has 0 aromatic heterocycles. The number of aliphatic hydroxyl groups is 1. The summed E-state index contributed by atoms with van der Waals surface area (Å²) in [6, 6.07) is 8.16. The zero-order valence-corrected chi connectivity index (χ0v) is 15.5. The lowest BCUT2D eigenvalue weighted by Crippen LogP contribution is -2.74. The van der Waals surface area contributed by atoms with Gasteiger partial charge in [-0.25, -0.2) is 4.79 Å². The molecule has 3 fully saturated rings. The van der Waals surface area contributed by atoms with Crippen LogP contribution in [-0.4, -0.2) is 35.5 Å². The predicted octanol–water partition coefficient (Wildman–Crippen LogP) is 2.76. The molecule has 0 saturated heterocycles. The largest absolute Gasteiger partial charge is 0.464 e. The molecule has 1 heterocycles. The van der Waals surface area contributed by atoms with E-state index in [1.807, 2.05) is 36.2 Å². The van der Waals surface area contributed by atoms with E-state index in [9.17, 15) is 9.90 Å². The summed E-state index contributed by atoms with van der Waals surface area (Å²) in [7, 11) is 1.37. The summed E-state index contributed by atoms with van der Waals surface area (Å²) >= 11 is 0. The minimum absolute atomic E-state index is 0.0225. The van der Waals surface area contributed by atoms with Crippen LogP contribution in [0.4, 0.5) is 5.69 Å². The first-order valence-corrected chi connectivity index (χ1v) is 8.94. The number of hydrazone groups is 1. The van der Waals surface area contributed by atoms with Gasteiger partial charge < -0.3 is 9.84 Å². The van der Waals surface area contributed by atoms with Gasteiger partial charge in [0.05, 0.1) is 30.4 Å². The molecule has 1 N–H and O–H groups in total. The number of carbonyl (C=O) groups excluding carboxylic acids is 1. The Morgan fingerprint density at radius 1 is 1.28 bits per heavy atom. The maximum Gasteiger partial charge on any atom is 0.354 e. The van der Waals surface area contributed by atoms with Crippen LogP contribution in [0.5, 0.6) is 0 Å². The molecule has 134 valence electrons. The summed E-state index contributed by atoms with van der Waals surface area (Å²) < 4.78 is 4.97. The van der Waals surface area contributed by atoms with Gasteiger partial charge in [-0.15, -0.1) is 0 Å². The van der Waals surface area contributed by atoms with Crippen LogP contribution >= 0.6 is 0 Å². The Bertz CT molecular complexity index is 755. The molecule has 0 spiro atoms. The molecule has 0 amide bonds. The topological polar surface area (TPSA) is 62.1 Å². The van der Waals surface area contributed by atoms with Crippen molar-refractivity contribution in [2.45, 2.75) is 45.8 Å². The van der Waals surface area contributed by atoms with E-state index < -0.39 is 17.6 Å². The van der Waals surface area contributed by atoms with Crippen molar-refractivity contribution in [3.05, 3.63) is 29.8 Å². The summed E-state index contributed by atoms with van der Waals surface area (Å²) in [6.45, 7) is 8.63. The van der Waals surface area contributed by atoms with E-state index in [0.717, 1.165) is 12.1 Å². The number of nitrogens with zero attached hydrogens (tertiary/aromatic N) is 2. The van der Waals surface area contributed by atoms with Crippen molar-refractivity contribution in [3.63, 3.8) is 0 Å². The molecular formula is C20H26N2O3. The number of carbonyl (C=O) groups is 1. The van der Waals surface area contributed by atoms with Gasteiger partial charge in [0.2, 0.25) is 0 Å². The van der Waals surface area contributed by atoms with Gasteiger partial charge in [-0.05, 0) is 49.7 Å². The molecule has 25 heavy (non-hydrogen) atoms. The number of hydrogen-bond donors (Lipinski definition) is 1. The highest BCUT2D eigenvalue weighted by Crippen LogP contribution is 2.67. The molecule has 3 saturated carbocycles. The minimum Gasteiger partial charge on any atom is -0.464 e. The molecule has 1 aliphatic heterocycles. The number of benzene rings is 1. The zero-order valence-electron chi connectivity index (χ0n) is 15.5. The van der Waals surface area contributed by atoms with Crippen LogP contribution in [-0.2, 0) is 9.53 Å². The fourth-order valence-corrected chi connectivity index (χ4v) is 5.62. The molecule has 1 aromatic carbocycles. The van der Waals surface area contributed by atoms with Gasteiger partial charge in [-0.3, -0.25) is 5.01 Å². The second-order valence-corrected chi connectivity index (χ2v) is 8.53. The fourth-order valence-electron chi connectivity index (χ4n) is 5.62. The third-order valence-electron chi connectivity index (χ3n) is 7.06. The van der Waals surface area contributed by atoms with Crippen molar-refractivity contribution in [2.75, 3.05) is 12.1 Å². The SMILES string of the molecule is COC(=O)C1=NN(c2ccc(C)cc2)[C@]2(C)[C@@H]3C[C@H]([C@@H](O)[C@H]12)C3(C)C. The van der Waals surface area contributed by atoms with Gasteiger partial charge in [0.15, 0.2) is 5.71 Å². The number of anilines is 1. The van der Waals surface area contributed by atoms with E-state index >= 15 is 0 Å². The Kier molecular flexibility index (Phi) is 3.36. The van der Waals surface area contributed by atoms with Crippen LogP contribution in [0.3, 0.4) is 0 Å². The van der Waals surface area contributed by atoms with Gasteiger partial charge >= 0.3 is 5.97 Å². The standard InChI is InChI=1S/C20H26N2O3/c1-11-6-8-12(9-7-11)22-20(4)14-10-13(19(14,2)3)17(23)15(20)16(21-22)18(24)25-5/h6-9,13-15,17,23H,10H2,1-5H3/t13-,14-,15+,17-,20-/m1/s1. The first-order valence-electron chi connectivity index (χ1n) is 8.94. The maximum absolute atomic E-state index is 12.4. The maximum atomic E-state index is 12.4. The summed E-state index contributed by atoms with van der Waals surface area (Å²) in [5.74, 6) is -0.212. The quantitative estimate of drug-likeness (QED) is 0.840. The van der Waals surface area contributed by atoms with Crippen LogP contribution in [0.1, 0.15) is 32.8 Å². The molecule has 5 rings (SSSR count). The molecule has 5 nitrogen and oxygen atoms in total. The fraction of sp³-hybridized carbons (Fsp3) is 0.600. The number of ether oxygens (including phenoxy) is 1. The highest BCUT2D eigenvalue weighted by molar-refractivity contribution is 6.38. The normalized spacial score (nSPS) is 37.8. The molecule has 3 aliphatic carbocycles. The van der Waals surface area contributed by atoms with Crippen molar-refractivity contribution in [2.24, 2.45) is 28.3 Å². The number of aryl methyl sites for hydroxylation is 1. The van der Waals surface area contributed by atoms with E-state index in [1.54, 1.807) is 0 Å². The van der Waals surface area contributed by atoms with Crippen LogP contribution in [0.2, 0.25) is 0 Å². The average Bonchev–Trinajstić information content (AvgIpc) is 2.88. The van der Waals surface area contributed by atoms with Crippen molar-refractivity contribution in [1.82, 2.24) is 0 Å². The van der Waals surface area contributed by atoms with Gasteiger partial charge in [-0.1, -0.05) is 31.5 Å². The zero-order chi connectivity index (χ0) is 18.1. The number of methoxy groups -OCH3 is 1. The Morgan fingerprint density at radius 2 is 1.92 bits per heavy atom. The van der Waals surface area contributed by atoms with E-state index in [0.29, 0.717) is 11.6 Å². The number of aliphatic hydroxyl groups excluding tert-OH is 1. The second-order valence-electron chi connectivity index (χ2n) is 8.53. The van der Waals surface area contributed by atoms with Crippen molar-refractivity contribution < 1.29 is 14.6 Å². The predicted molar refractivity (Wildman–Crippen MR) is 96.4 cm³/mol. The molecule has 0 unspecified atom stereocenters. The van der Waals surface area contributed by atoms with Crippen LogP contribution < -0.4 is 5.01 Å². The van der Waals surface area contributed by atoms with Gasteiger partial charge in [0, 0.05) is 0 Å². The molecular weight excluding hydrogens is 316 g/mol. The molecule has 0 radical (unpaired) electrons. The van der Waals surface area contributed by atoms with E-state index in [2.05, 4.69) is 25.9 Å². The lowest BCUT2D eigenvalue weighted by Gasteiger charge is -2.68. The van der Waals surface area contributed by atoms with Crippen molar-refractivity contribution >= 4 is 17.4 Å². The summed E-state index contributed by atoms with van der Waals surface area (Å²) in [5.41, 5.74) is 2.06. The third-order valence-corrected chi connectivity index (χ3v) is 7.06. The van der Waals surface area contributed by atoms with Gasteiger partial charge in [0.1, 0.15) is 0 Å². The molecule has 4 aliphatic rings. The smallest absolute Gasteiger partial charge is 0.354 e. The van der Waals surface area contributed by atoms with Gasteiger partial charge in [0.25, 0.3) is 0 Å². The van der Waals surface area contributed by atoms with E-state index in [4.69, 9.17) is 4.74 Å². The van der Waals surface area contributed by atoms with E-state index in [1.165, 1.54) is 12.7 Å². The Morgan fingerprint density at radius 3 is 2.48 bits per heavy atom. The number of esters is 1. The summed E-state index contributed by atoms with van der Waals surface area (Å²) in [6.07, 6.45) is 0.381. The summed E-state index contributed by atoms with van der Waals surface area (Å²) in [4.78, 5) is 12.4. The van der Waals surface area contributed by atoms with Gasteiger partial charge in [-0.2, -0.15) is 5.10 Å². The first-order chi connectivity index (χ1) is 11.7. The second kappa shape index (κ2) is 5.07. The van der Waals surface area contributed by atoms with Crippen molar-refractivity contribution in [1.29, 1.82) is 0 Å². The number of hydrogen-bond acceptors (Lipinski definition) is 5. The summed E-state index contributed by atoms with van der Waals surface area (Å²) in [5, 5.41) is 17.7. The first kappa shape index (κ1) is 16.6. The number of rotatable bonds is 2. The monoisotopic (exact) mass is 342 g/mol. The Labute approximate surface area is 148 Å². The lowest BCUT2D eigenvalue weighted by atomic mass is 9.39. The average molecular weight is 342 g/mol. The Balaban J connectivity index is 1.86. The highest BCUT2D eigenvalue weighted by Gasteiger charge is 2.72. The molecule has 1 aromatic rings. The molecule has 5 heteroatoms. The van der Waals surface area contributed by atoms with Crippen LogP contribution in [0.25, 0.3) is 0 Å². The van der Waals surface area contributed by atoms with Crippen LogP contribution in [0.15, 0.2) is 29.4 Å². The van der Waals surface area contributed by atoms with Crippen LogP contribution in [0, 0.1) is 30.1 Å². The van der Waals surface area contributed by atoms with Crippen molar-refractivity contribution in [3.8, 4) is 0 Å². The Hall–Kier alpha value is -1.88. The highest BCUT2D eigenvalue weighted by atomic mass is 16.5.